The number of ether oxygens (including phenoxy) is 1. The number of carbonyl (C=O) groups excluding carboxylic acids is 1. The fourth-order valence-electron chi connectivity index (χ4n) is 2.63. The van der Waals surface area contributed by atoms with E-state index in [1.165, 1.54) is 4.90 Å². The van der Waals surface area contributed by atoms with Crippen molar-refractivity contribution in [1.82, 2.24) is 4.90 Å². The first kappa shape index (κ1) is 16.6. The van der Waals surface area contributed by atoms with E-state index in [9.17, 15) is 13.2 Å². The SMILES string of the molecule is COc1ccccc1NC(C)C(=O)N(C)C1CCS(=O)(=O)C1. The molecule has 1 aliphatic rings. The van der Waals surface area contributed by atoms with E-state index in [-0.39, 0.29) is 23.5 Å². The van der Waals surface area contributed by atoms with E-state index in [4.69, 9.17) is 4.74 Å². The van der Waals surface area contributed by atoms with Gasteiger partial charge >= 0.3 is 0 Å². The lowest BCUT2D eigenvalue weighted by molar-refractivity contribution is -0.132. The quantitative estimate of drug-likeness (QED) is 0.878. The van der Waals surface area contributed by atoms with E-state index in [1.54, 1.807) is 21.1 Å². The van der Waals surface area contributed by atoms with Crippen molar-refractivity contribution in [3.05, 3.63) is 24.3 Å². The maximum atomic E-state index is 12.5. The van der Waals surface area contributed by atoms with Gasteiger partial charge in [-0.25, -0.2) is 8.42 Å². The highest BCUT2D eigenvalue weighted by Crippen LogP contribution is 2.24. The van der Waals surface area contributed by atoms with Crippen molar-refractivity contribution in [2.24, 2.45) is 0 Å². The van der Waals surface area contributed by atoms with E-state index in [2.05, 4.69) is 5.32 Å². The lowest BCUT2D eigenvalue weighted by Gasteiger charge is -2.27. The number of para-hydroxylation sites is 2. The number of methoxy groups -OCH3 is 1. The fourth-order valence-corrected chi connectivity index (χ4v) is 4.40. The first-order valence-corrected chi connectivity index (χ1v) is 9.03. The predicted molar refractivity (Wildman–Crippen MR) is 85.9 cm³/mol. The second-order valence-corrected chi connectivity index (χ2v) is 7.80. The van der Waals surface area contributed by atoms with Crippen molar-refractivity contribution >= 4 is 21.4 Å². The summed E-state index contributed by atoms with van der Waals surface area (Å²) >= 11 is 0. The largest absolute Gasteiger partial charge is 0.495 e. The molecule has 0 aromatic heterocycles. The van der Waals surface area contributed by atoms with Crippen LogP contribution in [0.1, 0.15) is 13.3 Å². The number of hydrogen-bond donors (Lipinski definition) is 1. The van der Waals surface area contributed by atoms with Crippen LogP contribution in [0.4, 0.5) is 5.69 Å². The molecule has 2 atom stereocenters. The van der Waals surface area contributed by atoms with Gasteiger partial charge in [0.25, 0.3) is 0 Å². The molecule has 0 saturated carbocycles. The third-order valence-corrected chi connectivity index (χ3v) is 5.70. The van der Waals surface area contributed by atoms with Crippen LogP contribution in [0.3, 0.4) is 0 Å². The van der Waals surface area contributed by atoms with Gasteiger partial charge in [-0.15, -0.1) is 0 Å². The molecule has 22 heavy (non-hydrogen) atoms. The maximum absolute atomic E-state index is 12.5. The molecular formula is C15H22N2O4S. The average molecular weight is 326 g/mol. The van der Waals surface area contributed by atoms with E-state index < -0.39 is 15.9 Å². The van der Waals surface area contributed by atoms with Gasteiger partial charge in [-0.05, 0) is 25.5 Å². The van der Waals surface area contributed by atoms with E-state index >= 15 is 0 Å². The molecule has 7 heteroatoms. The van der Waals surface area contributed by atoms with Gasteiger partial charge in [-0.3, -0.25) is 4.79 Å². The van der Waals surface area contributed by atoms with Crippen molar-refractivity contribution in [1.29, 1.82) is 0 Å². The minimum atomic E-state index is -3.00. The minimum absolute atomic E-state index is 0.0522. The van der Waals surface area contributed by atoms with Gasteiger partial charge in [0.15, 0.2) is 9.84 Å². The highest BCUT2D eigenvalue weighted by molar-refractivity contribution is 7.91. The van der Waals surface area contributed by atoms with Crippen molar-refractivity contribution in [3.8, 4) is 5.75 Å². The summed E-state index contributed by atoms with van der Waals surface area (Å²) in [6, 6.07) is 6.65. The van der Waals surface area contributed by atoms with E-state index in [0.29, 0.717) is 12.2 Å². The number of hydrogen-bond acceptors (Lipinski definition) is 5. The molecule has 0 aliphatic carbocycles. The van der Waals surface area contributed by atoms with Crippen LogP contribution in [0, 0.1) is 0 Å². The normalized spacial score (nSPS) is 21.1. The van der Waals surface area contributed by atoms with Gasteiger partial charge in [0, 0.05) is 13.1 Å². The van der Waals surface area contributed by atoms with E-state index in [1.807, 2.05) is 24.3 Å². The summed E-state index contributed by atoms with van der Waals surface area (Å²) in [5.41, 5.74) is 0.735. The molecule has 122 valence electrons. The molecule has 2 unspecified atom stereocenters. The monoisotopic (exact) mass is 326 g/mol. The van der Waals surface area contributed by atoms with Gasteiger partial charge in [0.05, 0.1) is 24.3 Å². The summed E-state index contributed by atoms with van der Waals surface area (Å²) < 4.78 is 28.3. The van der Waals surface area contributed by atoms with Crippen LogP contribution in [0.2, 0.25) is 0 Å². The molecule has 2 rings (SSSR count). The van der Waals surface area contributed by atoms with Gasteiger partial charge in [0.2, 0.25) is 5.91 Å². The summed E-state index contributed by atoms with van der Waals surface area (Å²) in [4.78, 5) is 14.0. The van der Waals surface area contributed by atoms with Crippen LogP contribution in [-0.4, -0.2) is 57.0 Å². The van der Waals surface area contributed by atoms with Crippen molar-refractivity contribution in [3.63, 3.8) is 0 Å². The first-order chi connectivity index (χ1) is 10.3. The number of nitrogens with zero attached hydrogens (tertiary/aromatic N) is 1. The van der Waals surface area contributed by atoms with Crippen molar-refractivity contribution < 1.29 is 17.9 Å². The van der Waals surface area contributed by atoms with Crippen LogP contribution in [0.15, 0.2) is 24.3 Å². The zero-order chi connectivity index (χ0) is 16.3. The summed E-state index contributed by atoms with van der Waals surface area (Å²) in [7, 11) is 0.229. The van der Waals surface area contributed by atoms with E-state index in [0.717, 1.165) is 5.69 Å². The van der Waals surface area contributed by atoms with Crippen LogP contribution in [-0.2, 0) is 14.6 Å². The number of anilines is 1. The Labute approximate surface area is 131 Å². The summed E-state index contributed by atoms with van der Waals surface area (Å²) in [6.45, 7) is 1.76. The zero-order valence-electron chi connectivity index (χ0n) is 13.1. The number of benzene rings is 1. The molecule has 6 nitrogen and oxygen atoms in total. The molecule has 1 aromatic rings. The third-order valence-electron chi connectivity index (χ3n) is 3.95. The van der Waals surface area contributed by atoms with Gasteiger partial charge in [-0.2, -0.15) is 0 Å². The predicted octanol–water partition coefficient (Wildman–Crippen LogP) is 1.14. The lowest BCUT2D eigenvalue weighted by atomic mass is 10.2. The molecule has 0 radical (unpaired) electrons. The molecule has 1 aliphatic heterocycles. The number of sulfone groups is 1. The summed E-state index contributed by atoms with van der Waals surface area (Å²) in [5, 5.41) is 3.12. The molecule has 1 amide bonds. The molecule has 1 heterocycles. The highest BCUT2D eigenvalue weighted by atomic mass is 32.2. The summed E-state index contributed by atoms with van der Waals surface area (Å²) in [5.74, 6) is 0.737. The number of amides is 1. The van der Waals surface area contributed by atoms with Crippen molar-refractivity contribution in [2.45, 2.75) is 25.4 Å². The second kappa shape index (κ2) is 6.56. The Balaban J connectivity index is 2.03. The minimum Gasteiger partial charge on any atom is -0.495 e. The molecule has 1 saturated heterocycles. The summed E-state index contributed by atoms with van der Waals surface area (Å²) in [6.07, 6.45) is 0.506. The van der Waals surface area contributed by atoms with Crippen LogP contribution >= 0.6 is 0 Å². The molecular weight excluding hydrogens is 304 g/mol. The third kappa shape index (κ3) is 3.71. The Bertz CT molecular complexity index is 645. The highest BCUT2D eigenvalue weighted by Gasteiger charge is 2.34. The molecule has 1 aromatic carbocycles. The second-order valence-electron chi connectivity index (χ2n) is 5.57. The maximum Gasteiger partial charge on any atom is 0.244 e. The zero-order valence-corrected chi connectivity index (χ0v) is 13.9. The van der Waals surface area contributed by atoms with Gasteiger partial charge in [0.1, 0.15) is 11.8 Å². The number of likely N-dealkylation sites (N-methyl/N-ethyl adjacent to an activating group) is 1. The Morgan fingerprint density at radius 2 is 2.09 bits per heavy atom. The smallest absolute Gasteiger partial charge is 0.244 e. The average Bonchev–Trinajstić information content (AvgIpc) is 2.86. The number of rotatable bonds is 5. The van der Waals surface area contributed by atoms with Crippen LogP contribution in [0.25, 0.3) is 0 Å². The molecule has 0 spiro atoms. The molecule has 0 bridgehead atoms. The fraction of sp³-hybridized carbons (Fsp3) is 0.533. The van der Waals surface area contributed by atoms with Gasteiger partial charge < -0.3 is 15.0 Å². The molecule has 1 fully saturated rings. The standard InChI is InChI=1S/C15H22N2O4S/c1-11(16-13-6-4-5-7-14(13)21-3)15(18)17(2)12-8-9-22(19,20)10-12/h4-7,11-12,16H,8-10H2,1-3H3. The van der Waals surface area contributed by atoms with Gasteiger partial charge in [-0.1, -0.05) is 12.1 Å². The number of nitrogens with one attached hydrogen (secondary N) is 1. The Kier molecular flexibility index (Phi) is 4.95. The topological polar surface area (TPSA) is 75.7 Å². The Hall–Kier alpha value is -1.76. The first-order valence-electron chi connectivity index (χ1n) is 7.20. The Morgan fingerprint density at radius 3 is 2.68 bits per heavy atom. The number of carbonyl (C=O) groups is 1. The van der Waals surface area contributed by atoms with Crippen LogP contribution in [0.5, 0.6) is 5.75 Å². The lowest BCUT2D eigenvalue weighted by Crippen LogP contribution is -2.45. The van der Waals surface area contributed by atoms with Crippen molar-refractivity contribution in [2.75, 3.05) is 31.0 Å². The molecule has 1 N–H and O–H groups in total. The van der Waals surface area contributed by atoms with Crippen LogP contribution < -0.4 is 10.1 Å². The Morgan fingerprint density at radius 1 is 1.41 bits per heavy atom.